The molecule has 1 amide bonds. The number of carbonyl (C=O) groups is 1. The number of hydrogen-bond donors (Lipinski definition) is 0. The second-order valence-corrected chi connectivity index (χ2v) is 9.62. The highest BCUT2D eigenvalue weighted by atomic mass is 16.5. The van der Waals surface area contributed by atoms with Crippen LogP contribution in [0.25, 0.3) is 5.69 Å². The van der Waals surface area contributed by atoms with Crippen molar-refractivity contribution in [3.8, 4) is 11.4 Å². The van der Waals surface area contributed by atoms with Gasteiger partial charge in [0, 0.05) is 56.3 Å². The van der Waals surface area contributed by atoms with Crippen LogP contribution in [0.5, 0.6) is 5.75 Å². The fraction of sp³-hybridized carbons (Fsp3) is 0.429. The Balaban J connectivity index is 1.24. The van der Waals surface area contributed by atoms with Crippen molar-refractivity contribution in [2.24, 2.45) is 0 Å². The number of aromatic nitrogens is 2. The van der Waals surface area contributed by atoms with Crippen LogP contribution in [0.2, 0.25) is 0 Å². The van der Waals surface area contributed by atoms with Gasteiger partial charge in [-0.1, -0.05) is 6.07 Å². The Bertz CT molecular complexity index is 1180. The Morgan fingerprint density at radius 3 is 2.51 bits per heavy atom. The van der Waals surface area contributed by atoms with Gasteiger partial charge < -0.3 is 14.4 Å². The monoisotopic (exact) mass is 474 g/mol. The summed E-state index contributed by atoms with van der Waals surface area (Å²) in [5.41, 5.74) is 5.49. The average Bonchev–Trinajstić information content (AvgIpc) is 3.64. The molecule has 0 spiro atoms. The van der Waals surface area contributed by atoms with E-state index in [2.05, 4.69) is 47.8 Å². The predicted octanol–water partition coefficient (Wildman–Crippen LogP) is 4.17. The van der Waals surface area contributed by atoms with Crippen LogP contribution < -0.4 is 4.74 Å². The second kappa shape index (κ2) is 9.84. The van der Waals surface area contributed by atoms with Crippen molar-refractivity contribution < 1.29 is 14.3 Å². The third-order valence-corrected chi connectivity index (χ3v) is 7.70. The molecule has 2 saturated heterocycles. The molecule has 0 radical (unpaired) electrons. The molecule has 0 saturated carbocycles. The summed E-state index contributed by atoms with van der Waals surface area (Å²) >= 11 is 0. The molecule has 5 rings (SSSR count). The standard InChI is InChI=1S/C28H34N4O3/c1-19-20(2)27(35-15-14-34-4)11-10-26(19)21(3)30-17-25-16-24(30)18-31(25)28(33)22-6-8-23(9-7-22)32-13-5-12-29-32/h5-13,21,24-25H,14-18H2,1-4H3/t21-,24+,25+/m0/s1. The number of rotatable bonds is 8. The lowest BCUT2D eigenvalue weighted by molar-refractivity contribution is 0.0569. The van der Waals surface area contributed by atoms with Crippen molar-refractivity contribution in [3.05, 3.63) is 77.1 Å². The number of fused-ring (bicyclic) bond motifs is 2. The molecular formula is C28H34N4O3. The third-order valence-electron chi connectivity index (χ3n) is 7.70. The summed E-state index contributed by atoms with van der Waals surface area (Å²) in [6.45, 7) is 9.42. The van der Waals surface area contributed by atoms with Gasteiger partial charge in [-0.25, -0.2) is 4.68 Å². The molecule has 7 nitrogen and oxygen atoms in total. The van der Waals surface area contributed by atoms with Crippen molar-refractivity contribution in [2.45, 2.75) is 45.3 Å². The maximum absolute atomic E-state index is 13.3. The minimum absolute atomic E-state index is 0.126. The minimum Gasteiger partial charge on any atom is -0.491 e. The largest absolute Gasteiger partial charge is 0.491 e. The molecule has 0 unspecified atom stereocenters. The molecule has 0 N–H and O–H groups in total. The van der Waals surface area contributed by atoms with Crippen LogP contribution in [-0.2, 0) is 4.74 Å². The van der Waals surface area contributed by atoms with Gasteiger partial charge in [-0.3, -0.25) is 9.69 Å². The van der Waals surface area contributed by atoms with Crippen LogP contribution in [0, 0.1) is 13.8 Å². The van der Waals surface area contributed by atoms with E-state index in [-0.39, 0.29) is 11.9 Å². The fourth-order valence-electron chi connectivity index (χ4n) is 5.60. The van der Waals surface area contributed by atoms with E-state index in [0.29, 0.717) is 25.3 Å². The zero-order valence-corrected chi connectivity index (χ0v) is 21.0. The second-order valence-electron chi connectivity index (χ2n) is 9.62. The number of benzene rings is 2. The van der Waals surface area contributed by atoms with Crippen LogP contribution >= 0.6 is 0 Å². The molecule has 35 heavy (non-hydrogen) atoms. The summed E-state index contributed by atoms with van der Waals surface area (Å²) in [7, 11) is 1.68. The van der Waals surface area contributed by atoms with E-state index in [1.807, 2.05) is 36.5 Å². The molecule has 2 bridgehead atoms. The highest BCUT2D eigenvalue weighted by Crippen LogP contribution is 2.39. The molecule has 0 aliphatic carbocycles. The fourth-order valence-corrected chi connectivity index (χ4v) is 5.60. The molecule has 2 aromatic carbocycles. The molecule has 7 heteroatoms. The van der Waals surface area contributed by atoms with Crippen molar-refractivity contribution >= 4 is 5.91 Å². The maximum Gasteiger partial charge on any atom is 0.254 e. The third kappa shape index (κ3) is 4.46. The summed E-state index contributed by atoms with van der Waals surface area (Å²) < 4.78 is 12.8. The first kappa shape index (κ1) is 23.6. The number of methoxy groups -OCH3 is 1. The number of hydrogen-bond acceptors (Lipinski definition) is 5. The first-order valence-corrected chi connectivity index (χ1v) is 12.4. The van der Waals surface area contributed by atoms with E-state index in [9.17, 15) is 4.79 Å². The van der Waals surface area contributed by atoms with E-state index in [4.69, 9.17) is 9.47 Å². The summed E-state index contributed by atoms with van der Waals surface area (Å²) in [5, 5.41) is 4.26. The van der Waals surface area contributed by atoms with Gasteiger partial charge in [0.05, 0.1) is 12.3 Å². The van der Waals surface area contributed by atoms with Gasteiger partial charge in [0.15, 0.2) is 0 Å². The molecule has 1 aromatic heterocycles. The summed E-state index contributed by atoms with van der Waals surface area (Å²) in [4.78, 5) is 17.9. The van der Waals surface area contributed by atoms with Gasteiger partial charge in [0.1, 0.15) is 12.4 Å². The Hall–Kier alpha value is -3.16. The first-order valence-electron chi connectivity index (χ1n) is 12.4. The smallest absolute Gasteiger partial charge is 0.254 e. The SMILES string of the molecule is COCCOc1ccc([C@H](C)N2C[C@H]3C[C@@H]2CN3C(=O)c2ccc(-n3cccn3)cc2)c(C)c1C. The molecule has 2 fully saturated rings. The summed E-state index contributed by atoms with van der Waals surface area (Å²) in [6, 6.07) is 14.9. The Kier molecular flexibility index (Phi) is 6.62. The van der Waals surface area contributed by atoms with Crippen LogP contribution in [0.4, 0.5) is 0 Å². The first-order chi connectivity index (χ1) is 17.0. The molecular weight excluding hydrogens is 440 g/mol. The van der Waals surface area contributed by atoms with Crippen molar-refractivity contribution in [3.63, 3.8) is 0 Å². The van der Waals surface area contributed by atoms with Gasteiger partial charge in [0.25, 0.3) is 5.91 Å². The number of ether oxygens (including phenoxy) is 2. The molecule has 2 aliphatic rings. The van der Waals surface area contributed by atoms with Gasteiger partial charge in [-0.2, -0.15) is 5.10 Å². The van der Waals surface area contributed by atoms with Crippen LogP contribution in [0.15, 0.2) is 54.9 Å². The molecule has 184 valence electrons. The van der Waals surface area contributed by atoms with Crippen LogP contribution in [0.3, 0.4) is 0 Å². The summed E-state index contributed by atoms with van der Waals surface area (Å²) in [6.07, 6.45) is 4.69. The minimum atomic E-state index is 0.126. The van der Waals surface area contributed by atoms with Gasteiger partial charge in [-0.15, -0.1) is 0 Å². The van der Waals surface area contributed by atoms with Crippen molar-refractivity contribution in [1.82, 2.24) is 19.6 Å². The lowest BCUT2D eigenvalue weighted by Gasteiger charge is -2.38. The van der Waals surface area contributed by atoms with Crippen LogP contribution in [-0.4, -0.2) is 71.0 Å². The molecule has 2 aliphatic heterocycles. The molecule has 3 aromatic rings. The number of likely N-dealkylation sites (tertiary alicyclic amines) is 2. The van der Waals surface area contributed by atoms with E-state index in [1.54, 1.807) is 18.0 Å². The van der Waals surface area contributed by atoms with Crippen LogP contribution in [0.1, 0.15) is 46.4 Å². The highest BCUT2D eigenvalue weighted by Gasteiger charge is 2.47. The van der Waals surface area contributed by atoms with E-state index in [0.717, 1.165) is 36.5 Å². The number of amides is 1. The maximum atomic E-state index is 13.3. The topological polar surface area (TPSA) is 59.8 Å². The van der Waals surface area contributed by atoms with E-state index >= 15 is 0 Å². The predicted molar refractivity (Wildman–Crippen MR) is 135 cm³/mol. The Morgan fingerprint density at radius 2 is 1.86 bits per heavy atom. The number of piperazine rings is 1. The number of nitrogens with zero attached hydrogens (tertiary/aromatic N) is 4. The lowest BCUT2D eigenvalue weighted by Crippen LogP contribution is -2.49. The molecule has 3 heterocycles. The van der Waals surface area contributed by atoms with E-state index in [1.165, 1.54) is 16.7 Å². The Morgan fingerprint density at radius 1 is 1.06 bits per heavy atom. The summed E-state index contributed by atoms with van der Waals surface area (Å²) in [5.74, 6) is 1.05. The van der Waals surface area contributed by atoms with Gasteiger partial charge in [-0.05, 0) is 80.3 Å². The van der Waals surface area contributed by atoms with Gasteiger partial charge in [0.2, 0.25) is 0 Å². The van der Waals surface area contributed by atoms with E-state index < -0.39 is 0 Å². The average molecular weight is 475 g/mol. The van der Waals surface area contributed by atoms with Crippen molar-refractivity contribution in [1.29, 1.82) is 0 Å². The quantitative estimate of drug-likeness (QED) is 0.459. The van der Waals surface area contributed by atoms with Crippen molar-refractivity contribution in [2.75, 3.05) is 33.4 Å². The Labute approximate surface area is 207 Å². The number of carbonyl (C=O) groups excluding carboxylic acids is 1. The van der Waals surface area contributed by atoms with Gasteiger partial charge >= 0.3 is 0 Å². The lowest BCUT2D eigenvalue weighted by atomic mass is 9.96. The molecule has 3 atom stereocenters. The normalized spacial score (nSPS) is 20.4. The zero-order chi connectivity index (χ0) is 24.5. The highest BCUT2D eigenvalue weighted by molar-refractivity contribution is 5.95. The zero-order valence-electron chi connectivity index (χ0n) is 21.0.